The molecule has 0 saturated heterocycles. The third-order valence-electron chi connectivity index (χ3n) is 2.53. The lowest BCUT2D eigenvalue weighted by atomic mass is 10.1. The molecule has 0 saturated carbocycles. The van der Waals surface area contributed by atoms with E-state index < -0.39 is 0 Å². The molecule has 2 rings (SSSR count). The number of phenols is 1. The van der Waals surface area contributed by atoms with Crippen LogP contribution >= 0.6 is 0 Å². The molecule has 0 aliphatic heterocycles. The Bertz CT molecular complexity index is 547. The van der Waals surface area contributed by atoms with Crippen molar-refractivity contribution in [1.82, 2.24) is 0 Å². The molecule has 0 aromatic heterocycles. The fourth-order valence-electron chi connectivity index (χ4n) is 1.63. The maximum Gasteiger partial charge on any atom is 0.315 e. The van der Waals surface area contributed by atoms with Crippen molar-refractivity contribution in [2.24, 2.45) is 0 Å². The molecule has 1 N–H and O–H groups in total. The summed E-state index contributed by atoms with van der Waals surface area (Å²) in [5.74, 6) is -0.210. The minimum atomic E-state index is -0.389. The van der Waals surface area contributed by atoms with Crippen LogP contribution in [0.2, 0.25) is 0 Å². The van der Waals surface area contributed by atoms with Crippen molar-refractivity contribution in [2.45, 2.75) is 13.3 Å². The molecule has 2 aromatic rings. The van der Waals surface area contributed by atoms with Crippen LogP contribution < -0.4 is 4.74 Å². The fraction of sp³-hybridized carbons (Fsp3) is 0.133. The quantitative estimate of drug-likeness (QED) is 0.665. The zero-order valence-electron chi connectivity index (χ0n) is 10.1. The number of esters is 1. The van der Waals surface area contributed by atoms with Gasteiger partial charge in [-0.1, -0.05) is 36.4 Å². The van der Waals surface area contributed by atoms with Crippen LogP contribution in [-0.2, 0) is 11.2 Å². The normalized spacial score (nSPS) is 10.1. The Morgan fingerprint density at radius 3 is 2.56 bits per heavy atom. The Labute approximate surface area is 106 Å². The highest BCUT2D eigenvalue weighted by Gasteiger charge is 2.09. The summed E-state index contributed by atoms with van der Waals surface area (Å²) < 4.78 is 5.12. The van der Waals surface area contributed by atoms with E-state index >= 15 is 0 Å². The first-order valence-electron chi connectivity index (χ1n) is 5.69. The summed E-state index contributed by atoms with van der Waals surface area (Å²) in [6.07, 6.45) is 0.189. The van der Waals surface area contributed by atoms with E-state index in [1.165, 1.54) is 0 Å². The molecule has 0 aliphatic carbocycles. The van der Waals surface area contributed by atoms with E-state index in [1.54, 1.807) is 18.2 Å². The third-order valence-corrected chi connectivity index (χ3v) is 2.53. The number of phenolic OH excluding ortho intramolecular Hbond substituents is 1. The Morgan fingerprint density at radius 2 is 1.89 bits per heavy atom. The molecule has 0 aliphatic rings. The molecule has 18 heavy (non-hydrogen) atoms. The highest BCUT2D eigenvalue weighted by molar-refractivity contribution is 5.75. The average molecular weight is 242 g/mol. The predicted octanol–water partition coefficient (Wildman–Crippen LogP) is 2.85. The standard InChI is InChI=1S/C15H14O3/c1-11-7-8-14(13(16)9-11)18-15(17)10-12-5-3-2-4-6-12/h2-9,16H,10H2,1H3. The second-order valence-electron chi connectivity index (χ2n) is 4.11. The molecule has 0 fully saturated rings. The van der Waals surface area contributed by atoms with Gasteiger partial charge in [0.2, 0.25) is 0 Å². The molecule has 92 valence electrons. The summed E-state index contributed by atoms with van der Waals surface area (Å²) in [5.41, 5.74) is 1.80. The fourth-order valence-corrected chi connectivity index (χ4v) is 1.63. The van der Waals surface area contributed by atoms with Gasteiger partial charge in [-0.05, 0) is 30.2 Å². The maximum absolute atomic E-state index is 11.7. The zero-order chi connectivity index (χ0) is 13.0. The number of aryl methyl sites for hydroxylation is 1. The first kappa shape index (κ1) is 12.2. The van der Waals surface area contributed by atoms with Gasteiger partial charge in [-0.2, -0.15) is 0 Å². The molecule has 0 spiro atoms. The van der Waals surface area contributed by atoms with Gasteiger partial charge in [0.15, 0.2) is 11.5 Å². The number of carbonyl (C=O) groups excluding carboxylic acids is 1. The van der Waals surface area contributed by atoms with Crippen LogP contribution in [0.3, 0.4) is 0 Å². The van der Waals surface area contributed by atoms with Crippen molar-refractivity contribution in [3.05, 3.63) is 59.7 Å². The largest absolute Gasteiger partial charge is 0.504 e. The molecule has 0 unspecified atom stereocenters. The third kappa shape index (κ3) is 3.10. The SMILES string of the molecule is Cc1ccc(OC(=O)Cc2ccccc2)c(O)c1. The molecule has 0 bridgehead atoms. The Hall–Kier alpha value is -2.29. The van der Waals surface area contributed by atoms with Crippen molar-refractivity contribution in [1.29, 1.82) is 0 Å². The van der Waals surface area contributed by atoms with Crippen molar-refractivity contribution >= 4 is 5.97 Å². The van der Waals surface area contributed by atoms with Crippen molar-refractivity contribution < 1.29 is 14.6 Å². The number of ether oxygens (including phenoxy) is 1. The van der Waals surface area contributed by atoms with Gasteiger partial charge in [0.25, 0.3) is 0 Å². The van der Waals surface area contributed by atoms with E-state index in [-0.39, 0.29) is 23.9 Å². The van der Waals surface area contributed by atoms with Gasteiger partial charge in [0.1, 0.15) is 0 Å². The summed E-state index contributed by atoms with van der Waals surface area (Å²) in [6.45, 7) is 1.86. The minimum absolute atomic E-state index is 0.0172. The van der Waals surface area contributed by atoms with E-state index in [2.05, 4.69) is 0 Å². The van der Waals surface area contributed by atoms with E-state index in [9.17, 15) is 9.90 Å². The zero-order valence-corrected chi connectivity index (χ0v) is 10.1. The van der Waals surface area contributed by atoms with Crippen LogP contribution in [-0.4, -0.2) is 11.1 Å². The first-order valence-corrected chi connectivity index (χ1v) is 5.69. The molecular formula is C15H14O3. The van der Waals surface area contributed by atoms with Gasteiger partial charge >= 0.3 is 5.97 Å². The predicted molar refractivity (Wildman–Crippen MR) is 68.6 cm³/mol. The summed E-state index contributed by atoms with van der Waals surface area (Å²) in [6, 6.07) is 14.3. The molecular weight excluding hydrogens is 228 g/mol. The number of benzene rings is 2. The Morgan fingerprint density at radius 1 is 1.17 bits per heavy atom. The smallest absolute Gasteiger partial charge is 0.315 e. The van der Waals surface area contributed by atoms with Gasteiger partial charge in [-0.15, -0.1) is 0 Å². The summed E-state index contributed by atoms with van der Waals surface area (Å²) in [5, 5.41) is 9.63. The molecule has 0 radical (unpaired) electrons. The van der Waals surface area contributed by atoms with Gasteiger partial charge in [-0.3, -0.25) is 4.79 Å². The van der Waals surface area contributed by atoms with Crippen LogP contribution in [0.1, 0.15) is 11.1 Å². The van der Waals surface area contributed by atoms with Crippen molar-refractivity contribution in [2.75, 3.05) is 0 Å². The topological polar surface area (TPSA) is 46.5 Å². The molecule has 0 atom stereocenters. The highest BCUT2D eigenvalue weighted by atomic mass is 16.5. The highest BCUT2D eigenvalue weighted by Crippen LogP contribution is 2.26. The number of aromatic hydroxyl groups is 1. The van der Waals surface area contributed by atoms with Crippen LogP contribution in [0, 0.1) is 6.92 Å². The van der Waals surface area contributed by atoms with Crippen LogP contribution in [0.25, 0.3) is 0 Å². The maximum atomic E-state index is 11.7. The van der Waals surface area contributed by atoms with Gasteiger partial charge in [-0.25, -0.2) is 0 Å². The first-order chi connectivity index (χ1) is 8.65. The number of carbonyl (C=O) groups is 1. The molecule has 3 nitrogen and oxygen atoms in total. The summed E-state index contributed by atoms with van der Waals surface area (Å²) in [7, 11) is 0. The van der Waals surface area contributed by atoms with Gasteiger partial charge < -0.3 is 9.84 Å². The van der Waals surface area contributed by atoms with Gasteiger partial charge in [0, 0.05) is 0 Å². The Balaban J connectivity index is 2.03. The Kier molecular flexibility index (Phi) is 3.63. The number of hydrogen-bond acceptors (Lipinski definition) is 3. The van der Waals surface area contributed by atoms with Crippen molar-refractivity contribution in [3.8, 4) is 11.5 Å². The summed E-state index contributed by atoms with van der Waals surface area (Å²) >= 11 is 0. The van der Waals surface area contributed by atoms with Crippen LogP contribution in [0.4, 0.5) is 0 Å². The van der Waals surface area contributed by atoms with E-state index in [1.807, 2.05) is 37.3 Å². The minimum Gasteiger partial charge on any atom is -0.504 e. The molecule has 0 amide bonds. The summed E-state index contributed by atoms with van der Waals surface area (Å²) in [4.78, 5) is 11.7. The lowest BCUT2D eigenvalue weighted by Gasteiger charge is -2.06. The lowest BCUT2D eigenvalue weighted by molar-refractivity contribution is -0.133. The molecule has 2 aromatic carbocycles. The van der Waals surface area contributed by atoms with Gasteiger partial charge in [0.05, 0.1) is 6.42 Å². The molecule has 3 heteroatoms. The van der Waals surface area contributed by atoms with Crippen molar-refractivity contribution in [3.63, 3.8) is 0 Å². The lowest BCUT2D eigenvalue weighted by Crippen LogP contribution is -2.11. The average Bonchev–Trinajstić information content (AvgIpc) is 2.34. The second-order valence-corrected chi connectivity index (χ2v) is 4.11. The van der Waals surface area contributed by atoms with E-state index in [0.29, 0.717) is 0 Å². The van der Waals surface area contributed by atoms with Crippen LogP contribution in [0.5, 0.6) is 11.5 Å². The monoisotopic (exact) mass is 242 g/mol. The van der Waals surface area contributed by atoms with E-state index in [0.717, 1.165) is 11.1 Å². The van der Waals surface area contributed by atoms with E-state index in [4.69, 9.17) is 4.74 Å². The second kappa shape index (κ2) is 5.36. The van der Waals surface area contributed by atoms with Crippen LogP contribution in [0.15, 0.2) is 48.5 Å². The number of hydrogen-bond donors (Lipinski definition) is 1. The number of rotatable bonds is 3. The molecule has 0 heterocycles.